The van der Waals surface area contributed by atoms with Crippen molar-refractivity contribution in [2.24, 2.45) is 5.73 Å². The number of nitriles is 1. The Bertz CT molecular complexity index is 460. The van der Waals surface area contributed by atoms with Gasteiger partial charge >= 0.3 is 0 Å². The van der Waals surface area contributed by atoms with E-state index in [1.165, 1.54) is 0 Å². The number of amides is 1. The topological polar surface area (TPSA) is 105 Å². The number of nitrogen functional groups attached to an aromatic ring is 1. The molecule has 5 nitrogen and oxygen atoms in total. The number of nitrogens with one attached hydrogen (secondary N) is 1. The molecule has 0 aliphatic heterocycles. The highest BCUT2D eigenvalue weighted by molar-refractivity contribution is 5.88. The molecule has 16 heavy (non-hydrogen) atoms. The van der Waals surface area contributed by atoms with Crippen LogP contribution in [0, 0.1) is 11.3 Å². The van der Waals surface area contributed by atoms with E-state index in [0.29, 0.717) is 16.9 Å². The van der Waals surface area contributed by atoms with E-state index in [0.717, 1.165) is 0 Å². The first kappa shape index (κ1) is 11.9. The molecule has 5 N–H and O–H groups in total. The Labute approximate surface area is 94.0 Å². The van der Waals surface area contributed by atoms with Crippen molar-refractivity contribution in [1.29, 1.82) is 5.26 Å². The lowest BCUT2D eigenvalue weighted by Crippen LogP contribution is -2.45. The number of para-hydroxylation sites is 1. The predicted octanol–water partition coefficient (Wildman–Crippen LogP) is 0.816. The van der Waals surface area contributed by atoms with Crippen LogP contribution in [-0.2, 0) is 4.79 Å². The monoisotopic (exact) mass is 218 g/mol. The molecular weight excluding hydrogens is 204 g/mol. The van der Waals surface area contributed by atoms with Crippen molar-refractivity contribution < 1.29 is 4.79 Å². The van der Waals surface area contributed by atoms with Crippen molar-refractivity contribution >= 4 is 17.3 Å². The molecule has 84 valence electrons. The number of rotatable bonds is 3. The summed E-state index contributed by atoms with van der Waals surface area (Å²) in [5.74, 6) is -0.491. The Kier molecular flexibility index (Phi) is 3.04. The van der Waals surface area contributed by atoms with E-state index >= 15 is 0 Å². The zero-order valence-electron chi connectivity index (χ0n) is 9.24. The number of nitrogens with zero attached hydrogens (tertiary/aromatic N) is 1. The van der Waals surface area contributed by atoms with E-state index in [4.69, 9.17) is 16.7 Å². The second-order valence-electron chi connectivity index (χ2n) is 3.99. The average Bonchev–Trinajstić information content (AvgIpc) is 2.20. The number of hydrogen-bond donors (Lipinski definition) is 3. The summed E-state index contributed by atoms with van der Waals surface area (Å²) in [5.41, 5.74) is 11.3. The molecule has 0 spiro atoms. The highest BCUT2D eigenvalue weighted by Crippen LogP contribution is 2.25. The largest absolute Gasteiger partial charge is 0.396 e. The summed E-state index contributed by atoms with van der Waals surface area (Å²) in [4.78, 5) is 11.1. The Morgan fingerprint density at radius 2 is 2.12 bits per heavy atom. The van der Waals surface area contributed by atoms with Crippen LogP contribution in [0.3, 0.4) is 0 Å². The molecule has 0 aliphatic carbocycles. The number of hydrogen-bond acceptors (Lipinski definition) is 4. The number of benzene rings is 1. The van der Waals surface area contributed by atoms with Gasteiger partial charge in [-0.2, -0.15) is 5.26 Å². The molecular formula is C11H14N4O. The van der Waals surface area contributed by atoms with E-state index in [1.54, 1.807) is 32.0 Å². The number of carbonyl (C=O) groups is 1. The molecule has 0 bridgehead atoms. The zero-order valence-corrected chi connectivity index (χ0v) is 9.24. The van der Waals surface area contributed by atoms with Gasteiger partial charge in [0, 0.05) is 0 Å². The first-order chi connectivity index (χ1) is 7.38. The van der Waals surface area contributed by atoms with E-state index in [1.807, 2.05) is 6.07 Å². The minimum atomic E-state index is -0.914. The van der Waals surface area contributed by atoms with Crippen LogP contribution in [0.1, 0.15) is 19.4 Å². The normalized spacial score (nSPS) is 10.6. The predicted molar refractivity (Wildman–Crippen MR) is 62.5 cm³/mol. The molecule has 0 saturated carbocycles. The summed E-state index contributed by atoms with van der Waals surface area (Å²) >= 11 is 0. The Morgan fingerprint density at radius 3 is 2.62 bits per heavy atom. The quantitative estimate of drug-likeness (QED) is 0.653. The third-order valence-corrected chi connectivity index (χ3v) is 2.29. The Hall–Kier alpha value is -2.22. The van der Waals surface area contributed by atoms with Gasteiger partial charge in [-0.15, -0.1) is 0 Å². The lowest BCUT2D eigenvalue weighted by Gasteiger charge is -2.24. The maximum absolute atomic E-state index is 11.1. The number of anilines is 2. The van der Waals surface area contributed by atoms with Crippen LogP contribution >= 0.6 is 0 Å². The molecule has 0 atom stereocenters. The van der Waals surface area contributed by atoms with Gasteiger partial charge in [0.2, 0.25) is 5.91 Å². The molecule has 0 saturated heterocycles. The lowest BCUT2D eigenvalue weighted by atomic mass is 10.0. The molecule has 1 aromatic rings. The molecule has 0 fully saturated rings. The first-order valence-corrected chi connectivity index (χ1v) is 4.75. The fraction of sp³-hybridized carbons (Fsp3) is 0.273. The fourth-order valence-electron chi connectivity index (χ4n) is 1.17. The molecule has 0 unspecified atom stereocenters. The fourth-order valence-corrected chi connectivity index (χ4v) is 1.17. The maximum Gasteiger partial charge on any atom is 0.242 e. The van der Waals surface area contributed by atoms with Gasteiger partial charge in [0.05, 0.1) is 16.9 Å². The van der Waals surface area contributed by atoms with Gasteiger partial charge in [0.25, 0.3) is 0 Å². The average molecular weight is 218 g/mol. The number of carbonyl (C=O) groups excluding carboxylic acids is 1. The Balaban J connectivity index is 3.08. The molecule has 1 aromatic carbocycles. The van der Waals surface area contributed by atoms with E-state index in [2.05, 4.69) is 5.32 Å². The van der Waals surface area contributed by atoms with E-state index < -0.39 is 11.4 Å². The minimum absolute atomic E-state index is 0.319. The minimum Gasteiger partial charge on any atom is -0.396 e. The summed E-state index contributed by atoms with van der Waals surface area (Å²) in [6.45, 7) is 3.29. The summed E-state index contributed by atoms with van der Waals surface area (Å²) in [6.07, 6.45) is 0. The summed E-state index contributed by atoms with van der Waals surface area (Å²) < 4.78 is 0. The maximum atomic E-state index is 11.1. The highest BCUT2D eigenvalue weighted by atomic mass is 16.1. The van der Waals surface area contributed by atoms with E-state index in [-0.39, 0.29) is 0 Å². The third-order valence-electron chi connectivity index (χ3n) is 2.29. The van der Waals surface area contributed by atoms with Gasteiger partial charge in [0.1, 0.15) is 11.6 Å². The molecule has 0 heterocycles. The van der Waals surface area contributed by atoms with Gasteiger partial charge in [0.15, 0.2) is 0 Å². The molecule has 1 amide bonds. The smallest absolute Gasteiger partial charge is 0.242 e. The van der Waals surface area contributed by atoms with Crippen LogP contribution in [0.4, 0.5) is 11.4 Å². The van der Waals surface area contributed by atoms with E-state index in [9.17, 15) is 4.79 Å². The van der Waals surface area contributed by atoms with Gasteiger partial charge in [-0.1, -0.05) is 6.07 Å². The Morgan fingerprint density at radius 1 is 1.50 bits per heavy atom. The van der Waals surface area contributed by atoms with Crippen LogP contribution < -0.4 is 16.8 Å². The van der Waals surface area contributed by atoms with Crippen molar-refractivity contribution in [2.75, 3.05) is 11.1 Å². The highest BCUT2D eigenvalue weighted by Gasteiger charge is 2.25. The lowest BCUT2D eigenvalue weighted by molar-refractivity contribution is -0.121. The molecule has 5 heteroatoms. The molecule has 0 aromatic heterocycles. The van der Waals surface area contributed by atoms with Crippen molar-refractivity contribution in [3.05, 3.63) is 23.8 Å². The molecule has 0 radical (unpaired) electrons. The van der Waals surface area contributed by atoms with Gasteiger partial charge in [-0.25, -0.2) is 0 Å². The SMILES string of the molecule is CC(C)(Nc1cccc(C#N)c1N)C(N)=O. The first-order valence-electron chi connectivity index (χ1n) is 4.75. The van der Waals surface area contributed by atoms with Crippen LogP contribution in [0.25, 0.3) is 0 Å². The summed E-state index contributed by atoms with van der Waals surface area (Å²) in [6, 6.07) is 6.96. The van der Waals surface area contributed by atoms with Crippen LogP contribution in [-0.4, -0.2) is 11.4 Å². The van der Waals surface area contributed by atoms with Gasteiger partial charge in [-0.05, 0) is 26.0 Å². The van der Waals surface area contributed by atoms with Crippen molar-refractivity contribution in [3.8, 4) is 6.07 Å². The zero-order chi connectivity index (χ0) is 12.3. The summed E-state index contributed by atoms with van der Waals surface area (Å²) in [7, 11) is 0. The van der Waals surface area contributed by atoms with Gasteiger partial charge < -0.3 is 16.8 Å². The number of nitrogens with two attached hydrogens (primary N) is 2. The van der Waals surface area contributed by atoms with Crippen molar-refractivity contribution in [1.82, 2.24) is 0 Å². The second kappa shape index (κ2) is 4.11. The number of primary amides is 1. The standard InChI is InChI=1S/C11H14N4O/c1-11(2,10(14)16)15-8-5-3-4-7(6-12)9(8)13/h3-5,15H,13H2,1-2H3,(H2,14,16). The molecule has 0 aliphatic rings. The van der Waals surface area contributed by atoms with Crippen LogP contribution in [0.15, 0.2) is 18.2 Å². The second-order valence-corrected chi connectivity index (χ2v) is 3.99. The van der Waals surface area contributed by atoms with Crippen LogP contribution in [0.5, 0.6) is 0 Å². The third kappa shape index (κ3) is 2.23. The molecule has 1 rings (SSSR count). The summed E-state index contributed by atoms with van der Waals surface area (Å²) in [5, 5.41) is 11.7. The van der Waals surface area contributed by atoms with Crippen molar-refractivity contribution in [2.45, 2.75) is 19.4 Å². The van der Waals surface area contributed by atoms with Gasteiger partial charge in [-0.3, -0.25) is 4.79 Å². The van der Waals surface area contributed by atoms with Crippen LogP contribution in [0.2, 0.25) is 0 Å². The van der Waals surface area contributed by atoms with Crippen molar-refractivity contribution in [3.63, 3.8) is 0 Å².